The number of aldehydes is 1. The number of aromatic nitrogens is 3. The van der Waals surface area contributed by atoms with Crippen molar-refractivity contribution < 1.29 is 4.79 Å². The minimum absolute atomic E-state index is 0.399. The SMILES string of the molecule is Cc1cnn(-c2cccnc2C=O)c1. The molecule has 0 amide bonds. The Balaban J connectivity index is 2.55. The van der Waals surface area contributed by atoms with Gasteiger partial charge in [0.05, 0.1) is 11.9 Å². The van der Waals surface area contributed by atoms with Gasteiger partial charge in [-0.1, -0.05) is 0 Å². The van der Waals surface area contributed by atoms with Crippen molar-refractivity contribution in [2.45, 2.75) is 6.92 Å². The van der Waals surface area contributed by atoms with Gasteiger partial charge in [0, 0.05) is 12.4 Å². The highest BCUT2D eigenvalue weighted by molar-refractivity contribution is 5.77. The summed E-state index contributed by atoms with van der Waals surface area (Å²) in [5.74, 6) is 0. The fraction of sp³-hybridized carbons (Fsp3) is 0.100. The number of hydrogen-bond acceptors (Lipinski definition) is 3. The average molecular weight is 187 g/mol. The Morgan fingerprint density at radius 3 is 3.00 bits per heavy atom. The van der Waals surface area contributed by atoms with Gasteiger partial charge >= 0.3 is 0 Å². The van der Waals surface area contributed by atoms with E-state index in [4.69, 9.17) is 0 Å². The van der Waals surface area contributed by atoms with E-state index < -0.39 is 0 Å². The molecule has 2 rings (SSSR count). The fourth-order valence-electron chi connectivity index (χ4n) is 1.24. The summed E-state index contributed by atoms with van der Waals surface area (Å²) in [6.07, 6.45) is 5.90. The molecule has 0 saturated carbocycles. The van der Waals surface area contributed by atoms with Crippen molar-refractivity contribution in [3.63, 3.8) is 0 Å². The molecule has 0 saturated heterocycles. The van der Waals surface area contributed by atoms with Gasteiger partial charge in [0.1, 0.15) is 5.69 Å². The predicted octanol–water partition coefficient (Wildman–Crippen LogP) is 1.39. The first-order valence-electron chi connectivity index (χ1n) is 4.23. The second-order valence-corrected chi connectivity index (χ2v) is 2.99. The first kappa shape index (κ1) is 8.62. The molecule has 0 unspecified atom stereocenters. The van der Waals surface area contributed by atoms with Crippen LogP contribution in [-0.2, 0) is 0 Å². The Hall–Kier alpha value is -1.97. The molecular formula is C10H9N3O. The van der Waals surface area contributed by atoms with Crippen LogP contribution >= 0.6 is 0 Å². The van der Waals surface area contributed by atoms with Crippen LogP contribution in [0.3, 0.4) is 0 Å². The van der Waals surface area contributed by atoms with E-state index >= 15 is 0 Å². The van der Waals surface area contributed by atoms with Crippen LogP contribution in [0.5, 0.6) is 0 Å². The molecule has 0 N–H and O–H groups in total. The molecule has 2 aromatic rings. The lowest BCUT2D eigenvalue weighted by atomic mass is 10.3. The van der Waals surface area contributed by atoms with Crippen molar-refractivity contribution in [1.82, 2.24) is 14.8 Å². The zero-order chi connectivity index (χ0) is 9.97. The third kappa shape index (κ3) is 1.42. The summed E-state index contributed by atoms with van der Waals surface area (Å²) in [6.45, 7) is 1.94. The van der Waals surface area contributed by atoms with Gasteiger partial charge in [0.2, 0.25) is 0 Å². The quantitative estimate of drug-likeness (QED) is 0.667. The highest BCUT2D eigenvalue weighted by Gasteiger charge is 2.04. The summed E-state index contributed by atoms with van der Waals surface area (Å²) in [6, 6.07) is 3.59. The summed E-state index contributed by atoms with van der Waals surface area (Å²) in [5.41, 5.74) is 2.15. The molecule has 14 heavy (non-hydrogen) atoms. The topological polar surface area (TPSA) is 47.8 Å². The monoisotopic (exact) mass is 187 g/mol. The standard InChI is InChI=1S/C10H9N3O/c1-8-5-12-13(6-8)10-3-2-4-11-9(10)7-14/h2-7H,1H3. The summed E-state index contributed by atoms with van der Waals surface area (Å²) in [5, 5.41) is 4.11. The maximum Gasteiger partial charge on any atom is 0.170 e. The molecule has 0 bridgehead atoms. The van der Waals surface area contributed by atoms with Crippen molar-refractivity contribution in [3.8, 4) is 5.69 Å². The van der Waals surface area contributed by atoms with Crippen molar-refractivity contribution in [1.29, 1.82) is 0 Å². The number of aryl methyl sites for hydroxylation is 1. The number of nitrogens with zero attached hydrogens (tertiary/aromatic N) is 3. The summed E-state index contributed by atoms with van der Waals surface area (Å²) in [7, 11) is 0. The van der Waals surface area contributed by atoms with E-state index in [0.29, 0.717) is 11.4 Å². The maximum absolute atomic E-state index is 10.7. The number of hydrogen-bond donors (Lipinski definition) is 0. The molecule has 4 nitrogen and oxygen atoms in total. The lowest BCUT2D eigenvalue weighted by Crippen LogP contribution is -2.00. The molecule has 0 fully saturated rings. The molecule has 70 valence electrons. The van der Waals surface area contributed by atoms with E-state index in [1.807, 2.05) is 19.2 Å². The molecule has 0 aromatic carbocycles. The smallest absolute Gasteiger partial charge is 0.170 e. The maximum atomic E-state index is 10.7. The largest absolute Gasteiger partial charge is 0.296 e. The Morgan fingerprint density at radius 1 is 1.50 bits per heavy atom. The van der Waals surface area contributed by atoms with Crippen molar-refractivity contribution in [2.75, 3.05) is 0 Å². The van der Waals surface area contributed by atoms with E-state index in [9.17, 15) is 4.79 Å². The molecule has 0 spiro atoms. The predicted molar refractivity (Wildman–Crippen MR) is 51.5 cm³/mol. The van der Waals surface area contributed by atoms with Crippen LogP contribution in [0.25, 0.3) is 5.69 Å². The number of pyridine rings is 1. The molecule has 4 heteroatoms. The Kier molecular flexibility index (Phi) is 2.10. The summed E-state index contributed by atoms with van der Waals surface area (Å²) in [4.78, 5) is 14.7. The minimum atomic E-state index is 0.399. The number of rotatable bonds is 2. The zero-order valence-electron chi connectivity index (χ0n) is 7.71. The minimum Gasteiger partial charge on any atom is -0.296 e. The fourth-order valence-corrected chi connectivity index (χ4v) is 1.24. The van der Waals surface area contributed by atoms with Gasteiger partial charge in [-0.3, -0.25) is 9.78 Å². The van der Waals surface area contributed by atoms with Gasteiger partial charge in [-0.15, -0.1) is 0 Å². The lowest BCUT2D eigenvalue weighted by molar-refractivity contribution is 0.111. The second-order valence-electron chi connectivity index (χ2n) is 2.99. The molecule has 0 radical (unpaired) electrons. The van der Waals surface area contributed by atoms with Crippen LogP contribution in [-0.4, -0.2) is 21.1 Å². The van der Waals surface area contributed by atoms with E-state index in [1.165, 1.54) is 0 Å². The zero-order valence-corrected chi connectivity index (χ0v) is 7.71. The van der Waals surface area contributed by atoms with Gasteiger partial charge < -0.3 is 0 Å². The van der Waals surface area contributed by atoms with Gasteiger partial charge in [0.15, 0.2) is 6.29 Å². The third-order valence-electron chi connectivity index (χ3n) is 1.89. The van der Waals surface area contributed by atoms with Crippen molar-refractivity contribution in [2.24, 2.45) is 0 Å². The summed E-state index contributed by atoms with van der Waals surface area (Å²) < 4.78 is 1.64. The van der Waals surface area contributed by atoms with Crippen LogP contribution in [0.15, 0.2) is 30.7 Å². The lowest BCUT2D eigenvalue weighted by Gasteiger charge is -2.02. The van der Waals surface area contributed by atoms with E-state index in [1.54, 1.807) is 23.1 Å². The van der Waals surface area contributed by atoms with Crippen LogP contribution < -0.4 is 0 Å². The van der Waals surface area contributed by atoms with Crippen LogP contribution in [0.4, 0.5) is 0 Å². The van der Waals surface area contributed by atoms with Gasteiger partial charge in [-0.2, -0.15) is 5.10 Å². The van der Waals surface area contributed by atoms with Crippen LogP contribution in [0.1, 0.15) is 16.1 Å². The third-order valence-corrected chi connectivity index (χ3v) is 1.89. The first-order valence-corrected chi connectivity index (χ1v) is 4.23. The van der Waals surface area contributed by atoms with Crippen molar-refractivity contribution in [3.05, 3.63) is 42.0 Å². The molecule has 2 heterocycles. The van der Waals surface area contributed by atoms with Gasteiger partial charge in [0.25, 0.3) is 0 Å². The van der Waals surface area contributed by atoms with Crippen molar-refractivity contribution >= 4 is 6.29 Å². The highest BCUT2D eigenvalue weighted by Crippen LogP contribution is 2.09. The van der Waals surface area contributed by atoms with E-state index in [2.05, 4.69) is 10.1 Å². The van der Waals surface area contributed by atoms with Gasteiger partial charge in [-0.05, 0) is 24.6 Å². The molecular weight excluding hydrogens is 178 g/mol. The van der Waals surface area contributed by atoms with E-state index in [-0.39, 0.29) is 0 Å². The number of carbonyl (C=O) groups is 1. The second kappa shape index (κ2) is 3.41. The molecule has 0 aliphatic rings. The Morgan fingerprint density at radius 2 is 2.36 bits per heavy atom. The molecule has 0 aliphatic heterocycles. The first-order chi connectivity index (χ1) is 6.81. The molecule has 0 aliphatic carbocycles. The Bertz CT molecular complexity index is 462. The molecule has 0 atom stereocenters. The van der Waals surface area contributed by atoms with Crippen LogP contribution in [0, 0.1) is 6.92 Å². The van der Waals surface area contributed by atoms with Gasteiger partial charge in [-0.25, -0.2) is 4.68 Å². The number of carbonyl (C=O) groups excluding carboxylic acids is 1. The molecule has 2 aromatic heterocycles. The highest BCUT2D eigenvalue weighted by atomic mass is 16.1. The summed E-state index contributed by atoms with van der Waals surface area (Å²) >= 11 is 0. The van der Waals surface area contributed by atoms with Crippen LogP contribution in [0.2, 0.25) is 0 Å². The average Bonchev–Trinajstić information content (AvgIpc) is 2.65. The van der Waals surface area contributed by atoms with E-state index in [0.717, 1.165) is 11.8 Å². The Labute approximate surface area is 81.2 Å². The normalized spacial score (nSPS) is 10.1.